The summed E-state index contributed by atoms with van der Waals surface area (Å²) in [5, 5.41) is 1.16. The fourth-order valence-corrected chi connectivity index (χ4v) is 2.12. The van der Waals surface area contributed by atoms with E-state index in [0.717, 1.165) is 37.7 Å². The third-order valence-corrected chi connectivity index (χ3v) is 2.92. The van der Waals surface area contributed by atoms with Gasteiger partial charge in [0.2, 0.25) is 0 Å². The van der Waals surface area contributed by atoms with Gasteiger partial charge in [0, 0.05) is 25.8 Å². The van der Waals surface area contributed by atoms with E-state index in [9.17, 15) is 0 Å². The van der Waals surface area contributed by atoms with Crippen molar-refractivity contribution in [1.29, 1.82) is 0 Å². The van der Waals surface area contributed by atoms with Crippen LogP contribution in [0.15, 0.2) is 6.07 Å². The van der Waals surface area contributed by atoms with Crippen LogP contribution in [0, 0.1) is 0 Å². The molecule has 0 aliphatic carbocycles. The van der Waals surface area contributed by atoms with Crippen molar-refractivity contribution in [3.05, 3.63) is 6.07 Å². The molecule has 0 amide bonds. The molecule has 1 fully saturated rings. The van der Waals surface area contributed by atoms with Crippen LogP contribution in [0.4, 0.5) is 10.8 Å². The predicted molar refractivity (Wildman–Crippen MR) is 54.2 cm³/mol. The molecule has 0 spiro atoms. The lowest BCUT2D eigenvalue weighted by Gasteiger charge is -2.18. The molecule has 1 aromatic heterocycles. The Balaban J connectivity index is 2.06. The summed E-state index contributed by atoms with van der Waals surface area (Å²) in [6.45, 7) is 3.66. The van der Waals surface area contributed by atoms with Crippen LogP contribution in [-0.4, -0.2) is 30.7 Å². The maximum absolute atomic E-state index is 5.57. The lowest BCUT2D eigenvalue weighted by atomic mass is 10.4. The summed E-state index contributed by atoms with van der Waals surface area (Å²) in [5.41, 5.74) is 5.57. The summed E-state index contributed by atoms with van der Waals surface area (Å²) in [5.74, 6) is 0.616. The lowest BCUT2D eigenvalue weighted by Crippen LogP contribution is -2.24. The number of anilines is 2. The molecule has 4 nitrogen and oxygen atoms in total. The molecule has 0 saturated carbocycles. The normalized spacial score (nSPS) is 18.6. The van der Waals surface area contributed by atoms with Gasteiger partial charge >= 0.3 is 0 Å². The summed E-state index contributed by atoms with van der Waals surface area (Å²) in [6.07, 6.45) is 1.08. The van der Waals surface area contributed by atoms with E-state index in [-0.39, 0.29) is 0 Å². The molecule has 1 aliphatic heterocycles. The second kappa shape index (κ2) is 3.93. The molecule has 72 valence electrons. The van der Waals surface area contributed by atoms with Crippen LogP contribution >= 0.6 is 11.5 Å². The Hall–Kier alpha value is -0.810. The minimum atomic E-state index is 0.616. The second-order valence-electron chi connectivity index (χ2n) is 3.04. The van der Waals surface area contributed by atoms with Crippen molar-refractivity contribution in [2.24, 2.45) is 0 Å². The monoisotopic (exact) mass is 199 g/mol. The molecule has 0 radical (unpaired) electrons. The van der Waals surface area contributed by atoms with Crippen LogP contribution in [0.5, 0.6) is 0 Å². The summed E-state index contributed by atoms with van der Waals surface area (Å²) in [6, 6.07) is 1.93. The van der Waals surface area contributed by atoms with Gasteiger partial charge in [-0.1, -0.05) is 0 Å². The minimum absolute atomic E-state index is 0.616. The molecule has 1 aliphatic rings. The number of nitrogen functional groups attached to an aromatic ring is 1. The molecule has 13 heavy (non-hydrogen) atoms. The van der Waals surface area contributed by atoms with Gasteiger partial charge in [0.05, 0.1) is 6.61 Å². The van der Waals surface area contributed by atoms with Gasteiger partial charge in [-0.3, -0.25) is 0 Å². The van der Waals surface area contributed by atoms with Gasteiger partial charge < -0.3 is 15.4 Å². The number of hydrogen-bond donors (Lipinski definition) is 1. The first-order chi connectivity index (χ1) is 6.36. The van der Waals surface area contributed by atoms with Crippen LogP contribution in [0.3, 0.4) is 0 Å². The molecule has 2 N–H and O–H groups in total. The number of aromatic nitrogens is 1. The summed E-state index contributed by atoms with van der Waals surface area (Å²) >= 11 is 1.46. The van der Waals surface area contributed by atoms with E-state index < -0.39 is 0 Å². The smallest absolute Gasteiger partial charge is 0.139 e. The van der Waals surface area contributed by atoms with Gasteiger partial charge in [-0.05, 0) is 18.0 Å². The summed E-state index contributed by atoms with van der Waals surface area (Å²) in [7, 11) is 0. The number of ether oxygens (including phenoxy) is 1. The molecule has 5 heteroatoms. The average molecular weight is 199 g/mol. The zero-order valence-electron chi connectivity index (χ0n) is 7.40. The zero-order valence-corrected chi connectivity index (χ0v) is 8.22. The van der Waals surface area contributed by atoms with Gasteiger partial charge in [-0.2, -0.15) is 4.37 Å². The summed E-state index contributed by atoms with van der Waals surface area (Å²) < 4.78 is 9.42. The fourth-order valence-electron chi connectivity index (χ4n) is 1.39. The van der Waals surface area contributed by atoms with Gasteiger partial charge in [-0.15, -0.1) is 0 Å². The van der Waals surface area contributed by atoms with Crippen LogP contribution in [0.2, 0.25) is 0 Å². The number of nitrogens with two attached hydrogens (primary N) is 1. The van der Waals surface area contributed by atoms with Crippen LogP contribution < -0.4 is 10.6 Å². The van der Waals surface area contributed by atoms with E-state index in [0.29, 0.717) is 5.82 Å². The van der Waals surface area contributed by atoms with Crippen molar-refractivity contribution < 1.29 is 4.74 Å². The second-order valence-corrected chi connectivity index (χ2v) is 3.83. The number of rotatable bonds is 1. The highest BCUT2D eigenvalue weighted by Crippen LogP contribution is 2.23. The molecule has 2 rings (SSSR count). The molecule has 2 heterocycles. The lowest BCUT2D eigenvalue weighted by molar-refractivity contribution is 0.152. The zero-order chi connectivity index (χ0) is 9.10. The highest BCUT2D eigenvalue weighted by Gasteiger charge is 2.11. The quantitative estimate of drug-likeness (QED) is 0.731. The molecule has 0 unspecified atom stereocenters. The molecule has 1 saturated heterocycles. The van der Waals surface area contributed by atoms with E-state index in [1.165, 1.54) is 11.5 Å². The molecular formula is C8H13N3OS. The van der Waals surface area contributed by atoms with E-state index in [1.54, 1.807) is 0 Å². The predicted octanol–water partition coefficient (Wildman–Crippen LogP) is 0.952. The van der Waals surface area contributed by atoms with Gasteiger partial charge in [0.1, 0.15) is 10.8 Å². The van der Waals surface area contributed by atoms with Gasteiger partial charge in [0.25, 0.3) is 0 Å². The summed E-state index contributed by atoms with van der Waals surface area (Å²) in [4.78, 5) is 2.28. The van der Waals surface area contributed by atoms with Gasteiger partial charge in [-0.25, -0.2) is 0 Å². The topological polar surface area (TPSA) is 51.4 Å². The van der Waals surface area contributed by atoms with Gasteiger partial charge in [0.15, 0.2) is 0 Å². The van der Waals surface area contributed by atoms with Crippen molar-refractivity contribution in [3.8, 4) is 0 Å². The average Bonchev–Trinajstić information content (AvgIpc) is 2.43. The van der Waals surface area contributed by atoms with Crippen molar-refractivity contribution in [1.82, 2.24) is 4.37 Å². The van der Waals surface area contributed by atoms with Crippen LogP contribution in [-0.2, 0) is 4.74 Å². The van der Waals surface area contributed by atoms with E-state index >= 15 is 0 Å². The number of hydrogen-bond acceptors (Lipinski definition) is 5. The van der Waals surface area contributed by atoms with Crippen molar-refractivity contribution in [2.75, 3.05) is 36.9 Å². The number of nitrogens with zero attached hydrogens (tertiary/aromatic N) is 2. The standard InChI is InChI=1S/C8H13N3OS/c9-7-6-8(13-10-7)11-2-1-4-12-5-3-11/h6H,1-5H2,(H2,9,10). The largest absolute Gasteiger partial charge is 0.383 e. The first-order valence-electron chi connectivity index (χ1n) is 4.41. The SMILES string of the molecule is Nc1cc(N2CCCOCC2)sn1. The maximum atomic E-state index is 5.57. The minimum Gasteiger partial charge on any atom is -0.383 e. The van der Waals surface area contributed by atoms with Crippen molar-refractivity contribution in [2.45, 2.75) is 6.42 Å². The molecule has 0 aromatic carbocycles. The molecule has 0 bridgehead atoms. The van der Waals surface area contributed by atoms with Crippen molar-refractivity contribution >= 4 is 22.4 Å². The Kier molecular flexibility index (Phi) is 2.65. The Morgan fingerprint density at radius 1 is 1.46 bits per heavy atom. The Morgan fingerprint density at radius 3 is 3.15 bits per heavy atom. The van der Waals surface area contributed by atoms with E-state index in [2.05, 4.69) is 9.27 Å². The third kappa shape index (κ3) is 2.10. The Labute approximate surface area is 81.5 Å². The van der Waals surface area contributed by atoms with E-state index in [1.807, 2.05) is 6.07 Å². The molecule has 0 atom stereocenters. The Bertz CT molecular complexity index is 268. The first-order valence-corrected chi connectivity index (χ1v) is 5.18. The molecular weight excluding hydrogens is 186 g/mol. The highest BCUT2D eigenvalue weighted by molar-refractivity contribution is 7.10. The Morgan fingerprint density at radius 2 is 2.38 bits per heavy atom. The third-order valence-electron chi connectivity index (χ3n) is 2.05. The van der Waals surface area contributed by atoms with Crippen LogP contribution in [0.25, 0.3) is 0 Å². The fraction of sp³-hybridized carbons (Fsp3) is 0.625. The van der Waals surface area contributed by atoms with E-state index in [4.69, 9.17) is 10.5 Å². The first kappa shape index (κ1) is 8.77. The highest BCUT2D eigenvalue weighted by atomic mass is 32.1. The molecule has 1 aromatic rings. The van der Waals surface area contributed by atoms with Crippen LogP contribution in [0.1, 0.15) is 6.42 Å². The van der Waals surface area contributed by atoms with Crippen molar-refractivity contribution in [3.63, 3.8) is 0 Å². The maximum Gasteiger partial charge on any atom is 0.139 e.